The van der Waals surface area contributed by atoms with Crippen molar-refractivity contribution in [3.05, 3.63) is 50.7 Å². The SMILES string of the molecule is CCC(=O)Nc1ccc(-c2csc(Cc3csc(C)n3)n2)cc1. The van der Waals surface area contributed by atoms with Crippen molar-refractivity contribution in [1.29, 1.82) is 0 Å². The number of carbonyl (C=O) groups is 1. The quantitative estimate of drug-likeness (QED) is 0.741. The van der Waals surface area contributed by atoms with Crippen molar-refractivity contribution in [2.45, 2.75) is 26.7 Å². The third kappa shape index (κ3) is 4.03. The van der Waals surface area contributed by atoms with Crippen LogP contribution in [0.25, 0.3) is 11.3 Å². The lowest BCUT2D eigenvalue weighted by Gasteiger charge is -2.04. The molecule has 0 aliphatic heterocycles. The predicted octanol–water partition coefficient (Wildman–Crippen LogP) is 4.51. The van der Waals surface area contributed by atoms with Crippen molar-refractivity contribution >= 4 is 34.3 Å². The molecule has 0 unspecified atom stereocenters. The lowest BCUT2D eigenvalue weighted by Crippen LogP contribution is -2.08. The molecular formula is C17H17N3OS2. The Hall–Kier alpha value is -2.05. The molecule has 4 nitrogen and oxygen atoms in total. The first-order valence-electron chi connectivity index (χ1n) is 7.39. The van der Waals surface area contributed by atoms with E-state index in [1.54, 1.807) is 22.7 Å². The zero-order chi connectivity index (χ0) is 16.2. The van der Waals surface area contributed by atoms with Gasteiger partial charge >= 0.3 is 0 Å². The molecule has 0 fully saturated rings. The number of amides is 1. The molecule has 1 N–H and O–H groups in total. The molecule has 0 radical (unpaired) electrons. The standard InChI is InChI=1S/C17H17N3OS2/c1-3-16(21)19-13-6-4-12(5-7-13)15-10-23-17(20-15)8-14-9-22-11(2)18-14/h4-7,9-10H,3,8H2,1-2H3,(H,19,21). The van der Waals surface area contributed by atoms with E-state index in [0.717, 1.165) is 39.1 Å². The van der Waals surface area contributed by atoms with Crippen LogP contribution in [0.4, 0.5) is 5.69 Å². The molecule has 0 saturated carbocycles. The molecule has 0 aliphatic carbocycles. The Kier molecular flexibility index (Phi) is 4.83. The van der Waals surface area contributed by atoms with Gasteiger partial charge in [-0.3, -0.25) is 4.79 Å². The molecule has 6 heteroatoms. The highest BCUT2D eigenvalue weighted by atomic mass is 32.1. The summed E-state index contributed by atoms with van der Waals surface area (Å²) < 4.78 is 0. The van der Waals surface area contributed by atoms with Gasteiger partial charge < -0.3 is 5.32 Å². The molecule has 1 amide bonds. The maximum atomic E-state index is 11.4. The Morgan fingerprint density at radius 2 is 1.91 bits per heavy atom. The van der Waals surface area contributed by atoms with E-state index in [-0.39, 0.29) is 5.91 Å². The summed E-state index contributed by atoms with van der Waals surface area (Å²) in [6.07, 6.45) is 1.26. The van der Waals surface area contributed by atoms with Gasteiger partial charge in [0.1, 0.15) is 0 Å². The molecule has 1 aromatic carbocycles. The first-order valence-corrected chi connectivity index (χ1v) is 9.15. The van der Waals surface area contributed by atoms with Gasteiger partial charge in [-0.05, 0) is 19.1 Å². The number of nitrogens with zero attached hydrogens (tertiary/aromatic N) is 2. The number of nitrogens with one attached hydrogen (secondary N) is 1. The Balaban J connectivity index is 1.71. The summed E-state index contributed by atoms with van der Waals surface area (Å²) in [6, 6.07) is 7.78. The van der Waals surface area contributed by atoms with E-state index in [1.807, 2.05) is 38.1 Å². The monoisotopic (exact) mass is 343 g/mol. The van der Waals surface area contributed by atoms with Gasteiger partial charge in [-0.2, -0.15) is 0 Å². The van der Waals surface area contributed by atoms with Gasteiger partial charge in [0.05, 0.1) is 21.4 Å². The lowest BCUT2D eigenvalue weighted by molar-refractivity contribution is -0.115. The minimum absolute atomic E-state index is 0.0206. The first kappa shape index (κ1) is 15.8. The Bertz CT molecular complexity index is 805. The van der Waals surface area contributed by atoms with Crippen LogP contribution in [-0.2, 0) is 11.2 Å². The minimum Gasteiger partial charge on any atom is -0.326 e. The molecule has 3 aromatic rings. The van der Waals surface area contributed by atoms with Crippen molar-refractivity contribution < 1.29 is 4.79 Å². The summed E-state index contributed by atoms with van der Waals surface area (Å²) in [5.74, 6) is 0.0206. The molecule has 0 spiro atoms. The number of hydrogen-bond acceptors (Lipinski definition) is 5. The Morgan fingerprint density at radius 1 is 1.13 bits per heavy atom. The molecule has 2 heterocycles. The van der Waals surface area contributed by atoms with Gasteiger partial charge in [0.2, 0.25) is 5.91 Å². The van der Waals surface area contributed by atoms with Crippen LogP contribution in [0.2, 0.25) is 0 Å². The van der Waals surface area contributed by atoms with Crippen LogP contribution in [0, 0.1) is 6.92 Å². The van der Waals surface area contributed by atoms with Gasteiger partial charge in [0.25, 0.3) is 0 Å². The van der Waals surface area contributed by atoms with E-state index >= 15 is 0 Å². The molecule has 0 aliphatic rings. The second-order valence-corrected chi connectivity index (χ2v) is 7.15. The second-order valence-electron chi connectivity index (χ2n) is 5.14. The van der Waals surface area contributed by atoms with Gasteiger partial charge in [-0.25, -0.2) is 9.97 Å². The molecule has 0 atom stereocenters. The highest BCUT2D eigenvalue weighted by Crippen LogP contribution is 2.25. The second kappa shape index (κ2) is 7.02. The van der Waals surface area contributed by atoms with Crippen LogP contribution < -0.4 is 5.32 Å². The van der Waals surface area contributed by atoms with Crippen molar-refractivity contribution in [2.24, 2.45) is 0 Å². The van der Waals surface area contributed by atoms with Crippen LogP contribution in [0.3, 0.4) is 0 Å². The fraction of sp³-hybridized carbons (Fsp3) is 0.235. The zero-order valence-corrected chi connectivity index (χ0v) is 14.6. The van der Waals surface area contributed by atoms with Gasteiger partial charge in [-0.1, -0.05) is 19.1 Å². The first-order chi connectivity index (χ1) is 11.1. The average Bonchev–Trinajstić information content (AvgIpc) is 3.17. The number of hydrogen-bond donors (Lipinski definition) is 1. The van der Waals surface area contributed by atoms with Gasteiger partial charge in [-0.15, -0.1) is 22.7 Å². The maximum Gasteiger partial charge on any atom is 0.224 e. The van der Waals surface area contributed by atoms with Crippen molar-refractivity contribution in [1.82, 2.24) is 9.97 Å². The maximum absolute atomic E-state index is 11.4. The van der Waals surface area contributed by atoms with E-state index in [1.165, 1.54) is 0 Å². The number of rotatable bonds is 5. The van der Waals surface area contributed by atoms with Crippen molar-refractivity contribution in [3.63, 3.8) is 0 Å². The summed E-state index contributed by atoms with van der Waals surface area (Å²) in [7, 11) is 0. The smallest absolute Gasteiger partial charge is 0.224 e. The number of benzene rings is 1. The zero-order valence-electron chi connectivity index (χ0n) is 13.0. The van der Waals surface area contributed by atoms with E-state index < -0.39 is 0 Å². The van der Waals surface area contributed by atoms with Crippen LogP contribution in [-0.4, -0.2) is 15.9 Å². The fourth-order valence-corrected chi connectivity index (χ4v) is 3.57. The summed E-state index contributed by atoms with van der Waals surface area (Å²) >= 11 is 3.32. The molecular weight excluding hydrogens is 326 g/mol. The molecule has 0 saturated heterocycles. The van der Waals surface area contributed by atoms with E-state index in [0.29, 0.717) is 6.42 Å². The Morgan fingerprint density at radius 3 is 2.57 bits per heavy atom. The average molecular weight is 343 g/mol. The topological polar surface area (TPSA) is 54.9 Å². The minimum atomic E-state index is 0.0206. The third-order valence-corrected chi connectivity index (χ3v) is 5.01. The van der Waals surface area contributed by atoms with Crippen LogP contribution in [0.15, 0.2) is 35.0 Å². The van der Waals surface area contributed by atoms with Gasteiger partial charge in [0, 0.05) is 34.9 Å². The number of carbonyl (C=O) groups excluding carboxylic acids is 1. The summed E-state index contributed by atoms with van der Waals surface area (Å²) in [6.45, 7) is 3.85. The summed E-state index contributed by atoms with van der Waals surface area (Å²) in [5, 5.41) is 9.14. The predicted molar refractivity (Wildman–Crippen MR) is 96.1 cm³/mol. The van der Waals surface area contributed by atoms with Crippen LogP contribution >= 0.6 is 22.7 Å². The van der Waals surface area contributed by atoms with E-state index in [9.17, 15) is 4.79 Å². The fourth-order valence-electron chi connectivity index (χ4n) is 2.14. The molecule has 23 heavy (non-hydrogen) atoms. The highest BCUT2D eigenvalue weighted by Gasteiger charge is 2.08. The molecule has 2 aromatic heterocycles. The normalized spacial score (nSPS) is 10.7. The largest absolute Gasteiger partial charge is 0.326 e. The van der Waals surface area contributed by atoms with Crippen LogP contribution in [0.5, 0.6) is 0 Å². The van der Waals surface area contributed by atoms with E-state index in [4.69, 9.17) is 0 Å². The molecule has 0 bridgehead atoms. The van der Waals surface area contributed by atoms with Gasteiger partial charge in [0.15, 0.2) is 0 Å². The van der Waals surface area contributed by atoms with Crippen LogP contribution in [0.1, 0.15) is 29.1 Å². The number of aromatic nitrogens is 2. The summed E-state index contributed by atoms with van der Waals surface area (Å²) in [5.41, 5.74) is 3.90. The number of aryl methyl sites for hydroxylation is 1. The lowest BCUT2D eigenvalue weighted by atomic mass is 10.1. The van der Waals surface area contributed by atoms with Crippen molar-refractivity contribution in [3.8, 4) is 11.3 Å². The Labute approximate surface area is 143 Å². The van der Waals surface area contributed by atoms with Crippen molar-refractivity contribution in [2.75, 3.05) is 5.32 Å². The summed E-state index contributed by atoms with van der Waals surface area (Å²) in [4.78, 5) is 20.6. The molecule has 118 valence electrons. The highest BCUT2D eigenvalue weighted by molar-refractivity contribution is 7.10. The van der Waals surface area contributed by atoms with E-state index in [2.05, 4.69) is 26.0 Å². The molecule has 3 rings (SSSR count). The number of anilines is 1. The third-order valence-electron chi connectivity index (χ3n) is 3.34. The number of thiazole rings is 2.